The van der Waals surface area contributed by atoms with E-state index in [1.807, 2.05) is 24.3 Å². The minimum atomic E-state index is -0.665. The van der Waals surface area contributed by atoms with Crippen molar-refractivity contribution >= 4 is 17.3 Å². The van der Waals surface area contributed by atoms with Gasteiger partial charge in [0.1, 0.15) is 18.6 Å². The number of benzene rings is 2. The van der Waals surface area contributed by atoms with Crippen LogP contribution in [0.2, 0.25) is 0 Å². The van der Waals surface area contributed by atoms with Gasteiger partial charge in [0, 0.05) is 5.92 Å². The van der Waals surface area contributed by atoms with Crippen LogP contribution in [0.25, 0.3) is 11.1 Å². The van der Waals surface area contributed by atoms with Gasteiger partial charge in [-0.2, -0.15) is 0 Å². The fourth-order valence-electron chi connectivity index (χ4n) is 2.62. The van der Waals surface area contributed by atoms with E-state index < -0.39 is 5.30 Å². The van der Waals surface area contributed by atoms with Gasteiger partial charge in [0.25, 0.3) is 0 Å². The lowest BCUT2D eigenvalue weighted by Gasteiger charge is -2.12. The number of hydrogen-bond acceptors (Lipinski definition) is 4. The van der Waals surface area contributed by atoms with Gasteiger partial charge >= 0.3 is 5.30 Å². The first-order chi connectivity index (χ1) is 9.31. The van der Waals surface area contributed by atoms with Crippen molar-refractivity contribution in [1.82, 2.24) is 0 Å². The number of fused-ring (bicyclic) bond motifs is 3. The van der Waals surface area contributed by atoms with Crippen LogP contribution in [0.3, 0.4) is 0 Å². The fourth-order valence-corrected chi connectivity index (χ4v) is 2.74. The van der Waals surface area contributed by atoms with E-state index in [1.54, 1.807) is 0 Å². The van der Waals surface area contributed by atoms with Crippen molar-refractivity contribution in [2.24, 2.45) is 0 Å². The molecule has 0 atom stereocenters. The molecule has 0 unspecified atom stereocenters. The molecule has 0 bridgehead atoms. The Kier molecular flexibility index (Phi) is 3.27. The predicted molar refractivity (Wildman–Crippen MR) is 75.3 cm³/mol. The van der Waals surface area contributed by atoms with E-state index in [2.05, 4.69) is 24.3 Å². The molecule has 0 aliphatic heterocycles. The van der Waals surface area contributed by atoms with Gasteiger partial charge in [-0.25, -0.2) is 4.79 Å². The van der Waals surface area contributed by atoms with Gasteiger partial charge in [-0.3, -0.25) is 0 Å². The van der Waals surface area contributed by atoms with E-state index in [1.165, 1.54) is 22.3 Å². The highest BCUT2D eigenvalue weighted by atomic mass is 32.2. The Balaban J connectivity index is 1.98. The second-order valence-corrected chi connectivity index (χ2v) is 4.90. The smallest absolute Gasteiger partial charge is 0.394 e. The first kappa shape index (κ1) is 12.3. The Labute approximate surface area is 115 Å². The molecule has 0 radical (unpaired) electrons. The lowest BCUT2D eigenvalue weighted by atomic mass is 9.98. The van der Waals surface area contributed by atoms with Crippen LogP contribution in [0.1, 0.15) is 17.0 Å². The first-order valence-corrected chi connectivity index (χ1v) is 6.75. The Hall–Kier alpha value is -1.78. The highest BCUT2D eigenvalue weighted by Gasteiger charge is 2.28. The van der Waals surface area contributed by atoms with Crippen LogP contribution in [-0.4, -0.2) is 16.5 Å². The minimum absolute atomic E-state index is 0.0449. The molecule has 0 heterocycles. The highest BCUT2D eigenvalue weighted by Crippen LogP contribution is 2.44. The quantitative estimate of drug-likeness (QED) is 0.659. The fraction of sp³-hybridized carbons (Fsp3) is 0.133. The van der Waals surface area contributed by atoms with Crippen molar-refractivity contribution in [2.45, 2.75) is 5.92 Å². The second kappa shape index (κ2) is 5.07. The van der Waals surface area contributed by atoms with Crippen LogP contribution in [-0.2, 0) is 4.74 Å². The average molecular weight is 272 g/mol. The van der Waals surface area contributed by atoms with Crippen LogP contribution in [0, 0.1) is 0 Å². The first-order valence-electron chi connectivity index (χ1n) is 5.97. The van der Waals surface area contributed by atoms with Crippen molar-refractivity contribution < 1.29 is 14.1 Å². The van der Waals surface area contributed by atoms with E-state index in [4.69, 9.17) is 9.29 Å². The van der Waals surface area contributed by atoms with Gasteiger partial charge in [-0.15, -0.1) is 0 Å². The topological polar surface area (TPSA) is 46.5 Å². The number of rotatable bonds is 2. The molecule has 0 fully saturated rings. The van der Waals surface area contributed by atoms with Crippen molar-refractivity contribution in [3.05, 3.63) is 59.7 Å². The van der Waals surface area contributed by atoms with Gasteiger partial charge in [0.05, 0.1) is 0 Å². The van der Waals surface area contributed by atoms with Crippen LogP contribution in [0.15, 0.2) is 48.5 Å². The summed E-state index contributed by atoms with van der Waals surface area (Å²) in [6, 6.07) is 16.3. The zero-order valence-electron chi connectivity index (χ0n) is 10.1. The van der Waals surface area contributed by atoms with E-state index >= 15 is 0 Å². The summed E-state index contributed by atoms with van der Waals surface area (Å²) in [6.45, 7) is 0.250. The van der Waals surface area contributed by atoms with Gasteiger partial charge in [0.2, 0.25) is 0 Å². The summed E-state index contributed by atoms with van der Waals surface area (Å²) >= 11 is 0.110. The number of carbonyl (C=O) groups excluding carboxylic acids is 1. The number of hydrogen-bond donors (Lipinski definition) is 1. The third kappa shape index (κ3) is 2.13. The molecule has 4 heteroatoms. The van der Waals surface area contributed by atoms with Crippen molar-refractivity contribution in [3.8, 4) is 11.1 Å². The summed E-state index contributed by atoms with van der Waals surface area (Å²) in [6.07, 6.45) is 0. The van der Waals surface area contributed by atoms with E-state index in [9.17, 15) is 4.79 Å². The van der Waals surface area contributed by atoms with Crippen LogP contribution in [0.4, 0.5) is 4.79 Å². The van der Waals surface area contributed by atoms with Crippen LogP contribution in [0.5, 0.6) is 0 Å². The summed E-state index contributed by atoms with van der Waals surface area (Å²) < 4.78 is 13.7. The Morgan fingerprint density at radius 3 is 2.11 bits per heavy atom. The van der Waals surface area contributed by atoms with Crippen molar-refractivity contribution in [3.63, 3.8) is 0 Å². The van der Waals surface area contributed by atoms with Gasteiger partial charge in [-0.1, -0.05) is 48.5 Å². The third-order valence-corrected chi connectivity index (χ3v) is 3.67. The standard InChI is InChI=1S/C15H12O3S/c16-15(19-17)18-9-14-12-7-3-1-5-10(12)11-6-2-4-8-13(11)14/h1-8,14,17H,9H2. The lowest BCUT2D eigenvalue weighted by molar-refractivity contribution is 0.170. The monoisotopic (exact) mass is 272 g/mol. The molecule has 3 nitrogen and oxygen atoms in total. The molecule has 0 amide bonds. The van der Waals surface area contributed by atoms with E-state index in [0.29, 0.717) is 0 Å². The molecule has 19 heavy (non-hydrogen) atoms. The minimum Gasteiger partial charge on any atom is -0.455 e. The SMILES string of the molecule is O=C(OCC1c2ccccc2-c2ccccc21)SO. The Bertz CT molecular complexity index is 579. The molecule has 3 rings (SSSR count). The summed E-state index contributed by atoms with van der Waals surface area (Å²) in [5.74, 6) is 0.0449. The molecule has 0 saturated heterocycles. The summed E-state index contributed by atoms with van der Waals surface area (Å²) in [7, 11) is 0. The zero-order valence-corrected chi connectivity index (χ0v) is 10.9. The number of carbonyl (C=O) groups is 1. The molecule has 96 valence electrons. The summed E-state index contributed by atoms with van der Waals surface area (Å²) in [5, 5.41) is -0.665. The molecule has 0 saturated carbocycles. The van der Waals surface area contributed by atoms with Gasteiger partial charge in [-0.05, 0) is 22.3 Å². The van der Waals surface area contributed by atoms with Gasteiger partial charge < -0.3 is 9.29 Å². The van der Waals surface area contributed by atoms with Gasteiger partial charge in [0.15, 0.2) is 0 Å². The summed E-state index contributed by atoms with van der Waals surface area (Å²) in [5.41, 5.74) is 4.71. The molecule has 2 aromatic rings. The summed E-state index contributed by atoms with van der Waals surface area (Å²) in [4.78, 5) is 11.1. The zero-order chi connectivity index (χ0) is 13.2. The maximum Gasteiger partial charge on any atom is 0.394 e. The third-order valence-electron chi connectivity index (χ3n) is 3.40. The molecular formula is C15H12O3S. The average Bonchev–Trinajstić information content (AvgIpc) is 2.79. The highest BCUT2D eigenvalue weighted by molar-refractivity contribution is 8.08. The van der Waals surface area contributed by atoms with E-state index in [-0.39, 0.29) is 24.6 Å². The largest absolute Gasteiger partial charge is 0.455 e. The molecule has 1 N–H and O–H groups in total. The molecule has 0 aromatic heterocycles. The van der Waals surface area contributed by atoms with E-state index in [0.717, 1.165) is 0 Å². The predicted octanol–water partition coefficient (Wildman–Crippen LogP) is 4.14. The van der Waals surface area contributed by atoms with Crippen LogP contribution < -0.4 is 0 Å². The van der Waals surface area contributed by atoms with Crippen molar-refractivity contribution in [2.75, 3.05) is 6.61 Å². The molecular weight excluding hydrogens is 260 g/mol. The second-order valence-electron chi connectivity index (χ2n) is 4.38. The molecule has 2 aromatic carbocycles. The maximum atomic E-state index is 11.1. The normalized spacial score (nSPS) is 12.9. The molecule has 1 aliphatic carbocycles. The number of ether oxygens (including phenoxy) is 1. The van der Waals surface area contributed by atoms with Crippen molar-refractivity contribution in [1.29, 1.82) is 0 Å². The lowest BCUT2D eigenvalue weighted by Crippen LogP contribution is -2.09. The van der Waals surface area contributed by atoms with Crippen LogP contribution >= 0.6 is 12.0 Å². The Morgan fingerprint density at radius 1 is 1.05 bits per heavy atom. The maximum absolute atomic E-state index is 11.1. The molecule has 1 aliphatic rings. The molecule has 0 spiro atoms. The Morgan fingerprint density at radius 2 is 1.58 bits per heavy atom.